The minimum Gasteiger partial charge on any atom is -0.360 e. The van der Waals surface area contributed by atoms with Crippen molar-refractivity contribution < 1.29 is 9.59 Å². The zero-order valence-corrected chi connectivity index (χ0v) is 12.6. The van der Waals surface area contributed by atoms with E-state index < -0.39 is 11.7 Å². The Labute approximate surface area is 132 Å². The first-order chi connectivity index (χ1) is 10.6. The molecule has 0 saturated carbocycles. The summed E-state index contributed by atoms with van der Waals surface area (Å²) in [5, 5.41) is 3.84. The van der Waals surface area contributed by atoms with Gasteiger partial charge in [0.25, 0.3) is 11.7 Å². The molecular formula is C17H13ClN2O2. The molecule has 4 nitrogen and oxygen atoms in total. The van der Waals surface area contributed by atoms with Crippen molar-refractivity contribution in [1.29, 1.82) is 0 Å². The lowest BCUT2D eigenvalue weighted by molar-refractivity contribution is -0.112. The molecule has 1 heterocycles. The highest BCUT2D eigenvalue weighted by Gasteiger charge is 2.20. The van der Waals surface area contributed by atoms with Crippen LogP contribution in [-0.2, 0) is 4.79 Å². The fourth-order valence-electron chi connectivity index (χ4n) is 2.29. The molecule has 5 heteroatoms. The number of carbonyl (C=O) groups excluding carboxylic acids is 2. The lowest BCUT2D eigenvalue weighted by atomic mass is 10.1. The van der Waals surface area contributed by atoms with Crippen molar-refractivity contribution in [1.82, 2.24) is 4.98 Å². The van der Waals surface area contributed by atoms with Crippen LogP contribution >= 0.6 is 11.6 Å². The number of aryl methyl sites for hydroxylation is 1. The maximum atomic E-state index is 12.4. The minimum atomic E-state index is -0.685. The maximum absolute atomic E-state index is 12.4. The van der Waals surface area contributed by atoms with Gasteiger partial charge >= 0.3 is 0 Å². The SMILES string of the molecule is Cc1ccc(Cl)cc1NC(=O)C(=O)c1c[nH]c2ccccc12. The highest BCUT2D eigenvalue weighted by molar-refractivity contribution is 6.48. The number of amides is 1. The quantitative estimate of drug-likeness (QED) is 0.568. The Hall–Kier alpha value is -2.59. The van der Waals surface area contributed by atoms with E-state index in [4.69, 9.17) is 11.6 Å². The van der Waals surface area contributed by atoms with Crippen LogP contribution in [0.4, 0.5) is 5.69 Å². The van der Waals surface area contributed by atoms with Crippen molar-refractivity contribution in [2.45, 2.75) is 6.92 Å². The van der Waals surface area contributed by atoms with Crippen LogP contribution in [0.25, 0.3) is 10.9 Å². The van der Waals surface area contributed by atoms with E-state index in [-0.39, 0.29) is 0 Å². The van der Waals surface area contributed by atoms with Crippen LogP contribution in [0.1, 0.15) is 15.9 Å². The van der Waals surface area contributed by atoms with Crippen molar-refractivity contribution in [3.05, 3.63) is 64.8 Å². The van der Waals surface area contributed by atoms with Gasteiger partial charge in [-0.2, -0.15) is 0 Å². The summed E-state index contributed by atoms with van der Waals surface area (Å²) < 4.78 is 0. The summed E-state index contributed by atoms with van der Waals surface area (Å²) in [5.74, 6) is -1.27. The smallest absolute Gasteiger partial charge is 0.296 e. The number of anilines is 1. The molecule has 110 valence electrons. The monoisotopic (exact) mass is 312 g/mol. The number of ketones is 1. The Kier molecular flexibility index (Phi) is 3.69. The minimum absolute atomic E-state index is 0.354. The zero-order chi connectivity index (χ0) is 15.7. The first-order valence-electron chi connectivity index (χ1n) is 6.74. The highest BCUT2D eigenvalue weighted by atomic mass is 35.5. The molecule has 1 aromatic heterocycles. The van der Waals surface area contributed by atoms with E-state index in [0.29, 0.717) is 16.3 Å². The van der Waals surface area contributed by atoms with Crippen LogP contribution in [0.3, 0.4) is 0 Å². The lowest BCUT2D eigenvalue weighted by Crippen LogP contribution is -2.23. The van der Waals surface area contributed by atoms with E-state index in [0.717, 1.165) is 16.5 Å². The average molecular weight is 313 g/mol. The van der Waals surface area contributed by atoms with Gasteiger partial charge in [0, 0.05) is 27.8 Å². The number of carbonyl (C=O) groups is 2. The molecule has 2 N–H and O–H groups in total. The van der Waals surface area contributed by atoms with Gasteiger partial charge in [-0.1, -0.05) is 35.9 Å². The topological polar surface area (TPSA) is 62.0 Å². The Morgan fingerprint density at radius 2 is 1.91 bits per heavy atom. The van der Waals surface area contributed by atoms with Crippen LogP contribution in [0.5, 0.6) is 0 Å². The second-order valence-electron chi connectivity index (χ2n) is 4.99. The number of fused-ring (bicyclic) bond motifs is 1. The Balaban J connectivity index is 1.89. The van der Waals surface area contributed by atoms with Gasteiger partial charge in [-0.05, 0) is 30.7 Å². The first kappa shape index (κ1) is 14.4. The number of halogens is 1. The summed E-state index contributed by atoms with van der Waals surface area (Å²) in [5.41, 5.74) is 2.54. The number of aromatic nitrogens is 1. The van der Waals surface area contributed by atoms with Crippen molar-refractivity contribution in [2.75, 3.05) is 5.32 Å². The summed E-state index contributed by atoms with van der Waals surface area (Å²) >= 11 is 5.92. The van der Waals surface area contributed by atoms with Crippen LogP contribution in [0.2, 0.25) is 5.02 Å². The molecule has 0 fully saturated rings. The van der Waals surface area contributed by atoms with Gasteiger partial charge in [0.2, 0.25) is 0 Å². The Morgan fingerprint density at radius 1 is 1.14 bits per heavy atom. The fourth-order valence-corrected chi connectivity index (χ4v) is 2.46. The second kappa shape index (κ2) is 5.66. The molecule has 3 aromatic rings. The van der Waals surface area contributed by atoms with E-state index >= 15 is 0 Å². The van der Waals surface area contributed by atoms with E-state index in [9.17, 15) is 9.59 Å². The molecule has 0 aliphatic carbocycles. The van der Waals surface area contributed by atoms with Crippen molar-refractivity contribution in [2.24, 2.45) is 0 Å². The number of Topliss-reactive ketones (excluding diaryl/α,β-unsaturated/α-hetero) is 1. The molecule has 0 aliphatic heterocycles. The molecule has 1 amide bonds. The maximum Gasteiger partial charge on any atom is 0.296 e. The number of aromatic amines is 1. The molecule has 0 saturated heterocycles. The zero-order valence-electron chi connectivity index (χ0n) is 11.8. The van der Waals surface area contributed by atoms with Crippen molar-refractivity contribution in [3.63, 3.8) is 0 Å². The van der Waals surface area contributed by atoms with E-state index in [2.05, 4.69) is 10.3 Å². The number of hydrogen-bond acceptors (Lipinski definition) is 2. The molecule has 0 radical (unpaired) electrons. The van der Waals surface area contributed by atoms with Crippen LogP contribution in [0, 0.1) is 6.92 Å². The molecule has 0 spiro atoms. The fraction of sp³-hybridized carbons (Fsp3) is 0.0588. The summed E-state index contributed by atoms with van der Waals surface area (Å²) in [4.78, 5) is 27.5. The van der Waals surface area contributed by atoms with E-state index in [1.807, 2.05) is 25.1 Å². The van der Waals surface area contributed by atoms with Crippen LogP contribution in [-0.4, -0.2) is 16.7 Å². The number of nitrogens with one attached hydrogen (secondary N) is 2. The molecular weight excluding hydrogens is 300 g/mol. The molecule has 22 heavy (non-hydrogen) atoms. The van der Waals surface area contributed by atoms with Crippen molar-refractivity contribution in [3.8, 4) is 0 Å². The van der Waals surface area contributed by atoms with E-state index in [1.165, 1.54) is 0 Å². The number of para-hydroxylation sites is 1. The number of H-pyrrole nitrogens is 1. The molecule has 2 aromatic carbocycles. The van der Waals surface area contributed by atoms with Gasteiger partial charge in [0.1, 0.15) is 0 Å². The molecule has 0 bridgehead atoms. The third-order valence-corrected chi connectivity index (χ3v) is 3.72. The Morgan fingerprint density at radius 3 is 2.73 bits per heavy atom. The number of rotatable bonds is 3. The number of hydrogen-bond donors (Lipinski definition) is 2. The average Bonchev–Trinajstić information content (AvgIpc) is 2.94. The van der Waals surface area contributed by atoms with Gasteiger partial charge in [-0.25, -0.2) is 0 Å². The van der Waals surface area contributed by atoms with Gasteiger partial charge < -0.3 is 10.3 Å². The summed E-state index contributed by atoms with van der Waals surface area (Å²) in [7, 11) is 0. The van der Waals surface area contributed by atoms with Gasteiger partial charge in [-0.15, -0.1) is 0 Å². The van der Waals surface area contributed by atoms with Gasteiger partial charge in [-0.3, -0.25) is 9.59 Å². The molecule has 0 atom stereocenters. The lowest BCUT2D eigenvalue weighted by Gasteiger charge is -2.07. The number of benzene rings is 2. The van der Waals surface area contributed by atoms with Crippen molar-refractivity contribution >= 4 is 39.9 Å². The van der Waals surface area contributed by atoms with Gasteiger partial charge in [0.15, 0.2) is 0 Å². The second-order valence-corrected chi connectivity index (χ2v) is 5.43. The highest BCUT2D eigenvalue weighted by Crippen LogP contribution is 2.22. The van der Waals surface area contributed by atoms with Crippen LogP contribution in [0.15, 0.2) is 48.7 Å². The van der Waals surface area contributed by atoms with Gasteiger partial charge in [0.05, 0.1) is 5.56 Å². The largest absolute Gasteiger partial charge is 0.360 e. The summed E-state index contributed by atoms with van der Waals surface area (Å²) in [6, 6.07) is 12.5. The molecule has 0 aliphatic rings. The predicted molar refractivity (Wildman–Crippen MR) is 87.4 cm³/mol. The predicted octanol–water partition coefficient (Wildman–Crippen LogP) is 3.95. The third kappa shape index (κ3) is 2.61. The molecule has 0 unspecified atom stereocenters. The first-order valence-corrected chi connectivity index (χ1v) is 7.12. The van der Waals surface area contributed by atoms with Crippen LogP contribution < -0.4 is 5.32 Å². The Bertz CT molecular complexity index is 883. The normalized spacial score (nSPS) is 10.6. The van der Waals surface area contributed by atoms with E-state index in [1.54, 1.807) is 30.5 Å². The summed E-state index contributed by atoms with van der Waals surface area (Å²) in [6.45, 7) is 1.84. The standard InChI is InChI=1S/C17H13ClN2O2/c1-10-6-7-11(18)8-15(10)20-17(22)16(21)13-9-19-14-5-3-2-4-12(13)14/h2-9,19H,1H3,(H,20,22). The summed E-state index contributed by atoms with van der Waals surface area (Å²) in [6.07, 6.45) is 1.55. The molecule has 3 rings (SSSR count). The third-order valence-electron chi connectivity index (χ3n) is 3.49.